The molecule has 0 fully saturated rings. The number of rotatable bonds is 5. The summed E-state index contributed by atoms with van der Waals surface area (Å²) in [5, 5.41) is 7.99. The largest absolute Gasteiger partial charge is 0.497 e. The molecule has 0 amide bonds. The molecular weight excluding hydrogens is 238 g/mol. The van der Waals surface area contributed by atoms with Crippen LogP contribution in [0.3, 0.4) is 0 Å². The molecule has 0 saturated carbocycles. The molecule has 0 radical (unpaired) electrons. The SMILES string of the molecule is CCC(CC#N)S(=O)(=O)c1ccc(OC)cc1. The first-order valence-corrected chi connectivity index (χ1v) is 6.85. The van der Waals surface area contributed by atoms with Gasteiger partial charge in [0.1, 0.15) is 5.75 Å². The molecule has 0 saturated heterocycles. The number of methoxy groups -OCH3 is 1. The first kappa shape index (κ1) is 13.5. The molecule has 0 heterocycles. The van der Waals surface area contributed by atoms with Crippen molar-refractivity contribution < 1.29 is 13.2 Å². The molecular formula is C12H15NO3S. The molecule has 1 aromatic carbocycles. The van der Waals surface area contributed by atoms with Crippen LogP contribution in [0.15, 0.2) is 29.2 Å². The lowest BCUT2D eigenvalue weighted by Gasteiger charge is -2.12. The fraction of sp³-hybridized carbons (Fsp3) is 0.417. The van der Waals surface area contributed by atoms with Gasteiger partial charge in [-0.3, -0.25) is 0 Å². The van der Waals surface area contributed by atoms with Gasteiger partial charge in [0.2, 0.25) is 0 Å². The van der Waals surface area contributed by atoms with Gasteiger partial charge in [-0.2, -0.15) is 5.26 Å². The highest BCUT2D eigenvalue weighted by Gasteiger charge is 2.25. The van der Waals surface area contributed by atoms with Gasteiger partial charge in [-0.05, 0) is 30.7 Å². The van der Waals surface area contributed by atoms with Crippen LogP contribution in [-0.2, 0) is 9.84 Å². The van der Waals surface area contributed by atoms with Crippen LogP contribution < -0.4 is 4.74 Å². The number of ether oxygens (including phenoxy) is 1. The molecule has 0 aromatic heterocycles. The highest BCUT2D eigenvalue weighted by molar-refractivity contribution is 7.92. The first-order valence-electron chi connectivity index (χ1n) is 5.31. The maximum absolute atomic E-state index is 12.2. The van der Waals surface area contributed by atoms with Crippen LogP contribution in [0.4, 0.5) is 0 Å². The highest BCUT2D eigenvalue weighted by Crippen LogP contribution is 2.22. The van der Waals surface area contributed by atoms with E-state index in [4.69, 9.17) is 10.00 Å². The van der Waals surface area contributed by atoms with Crippen LogP contribution >= 0.6 is 0 Å². The summed E-state index contributed by atoms with van der Waals surface area (Å²) in [4.78, 5) is 0.236. The van der Waals surface area contributed by atoms with E-state index in [2.05, 4.69) is 0 Å². The molecule has 1 unspecified atom stereocenters. The third-order valence-corrected chi connectivity index (χ3v) is 4.91. The molecule has 1 atom stereocenters. The minimum Gasteiger partial charge on any atom is -0.497 e. The summed E-state index contributed by atoms with van der Waals surface area (Å²) in [6.45, 7) is 1.77. The average Bonchev–Trinajstić information content (AvgIpc) is 2.35. The maximum Gasteiger partial charge on any atom is 0.182 e. The smallest absolute Gasteiger partial charge is 0.182 e. The normalized spacial score (nSPS) is 12.8. The Bertz CT molecular complexity index is 500. The maximum atomic E-state index is 12.2. The third-order valence-electron chi connectivity index (χ3n) is 2.60. The van der Waals surface area contributed by atoms with Crippen molar-refractivity contribution in [2.75, 3.05) is 7.11 Å². The van der Waals surface area contributed by atoms with Gasteiger partial charge >= 0.3 is 0 Å². The van der Waals surface area contributed by atoms with Gasteiger partial charge in [0, 0.05) is 0 Å². The van der Waals surface area contributed by atoms with Gasteiger partial charge in [-0.25, -0.2) is 8.42 Å². The number of hydrogen-bond donors (Lipinski definition) is 0. The Kier molecular flexibility index (Phi) is 4.53. The topological polar surface area (TPSA) is 67.2 Å². The van der Waals surface area contributed by atoms with Crippen molar-refractivity contribution in [1.29, 1.82) is 5.26 Å². The number of nitriles is 1. The van der Waals surface area contributed by atoms with Crippen LogP contribution in [0.5, 0.6) is 5.75 Å². The van der Waals surface area contributed by atoms with Gasteiger partial charge in [0.25, 0.3) is 0 Å². The molecule has 0 aliphatic rings. The average molecular weight is 253 g/mol. The Morgan fingerprint density at radius 3 is 2.35 bits per heavy atom. The quantitative estimate of drug-likeness (QED) is 0.806. The first-order chi connectivity index (χ1) is 8.06. The van der Waals surface area contributed by atoms with Crippen molar-refractivity contribution in [3.63, 3.8) is 0 Å². The van der Waals surface area contributed by atoms with Crippen LogP contribution in [0.25, 0.3) is 0 Å². The van der Waals surface area contributed by atoms with E-state index in [1.807, 2.05) is 6.07 Å². The molecule has 0 aliphatic carbocycles. The Morgan fingerprint density at radius 1 is 1.35 bits per heavy atom. The second kappa shape index (κ2) is 5.69. The molecule has 1 aromatic rings. The second-order valence-electron chi connectivity index (χ2n) is 3.61. The lowest BCUT2D eigenvalue weighted by Crippen LogP contribution is -2.20. The Balaban J connectivity index is 3.08. The fourth-order valence-electron chi connectivity index (χ4n) is 1.53. The summed E-state index contributed by atoms with van der Waals surface area (Å²) in [5.74, 6) is 0.609. The minimum absolute atomic E-state index is 0.0187. The molecule has 0 N–H and O–H groups in total. The summed E-state index contributed by atoms with van der Waals surface area (Å²) >= 11 is 0. The predicted octanol–water partition coefficient (Wildman–Crippen LogP) is 2.16. The summed E-state index contributed by atoms with van der Waals surface area (Å²) in [6, 6.07) is 8.14. The zero-order valence-corrected chi connectivity index (χ0v) is 10.7. The zero-order valence-electron chi connectivity index (χ0n) is 9.88. The van der Waals surface area contributed by atoms with E-state index in [1.54, 1.807) is 19.1 Å². The minimum atomic E-state index is -3.42. The molecule has 0 bridgehead atoms. The molecule has 1 rings (SSSR count). The molecule has 0 aliphatic heterocycles. The molecule has 17 heavy (non-hydrogen) atoms. The van der Waals surface area contributed by atoms with E-state index in [-0.39, 0.29) is 11.3 Å². The lowest BCUT2D eigenvalue weighted by molar-refractivity contribution is 0.414. The highest BCUT2D eigenvalue weighted by atomic mass is 32.2. The van der Waals surface area contributed by atoms with E-state index in [0.717, 1.165) is 0 Å². The van der Waals surface area contributed by atoms with E-state index < -0.39 is 15.1 Å². The van der Waals surface area contributed by atoms with Crippen LogP contribution in [-0.4, -0.2) is 20.8 Å². The number of nitrogens with zero attached hydrogens (tertiary/aromatic N) is 1. The Labute approximate surface area is 102 Å². The van der Waals surface area contributed by atoms with Crippen molar-refractivity contribution in [3.05, 3.63) is 24.3 Å². The monoisotopic (exact) mass is 253 g/mol. The second-order valence-corrected chi connectivity index (χ2v) is 5.84. The van der Waals surface area contributed by atoms with Crippen LogP contribution in [0.1, 0.15) is 19.8 Å². The number of benzene rings is 1. The summed E-state index contributed by atoms with van der Waals surface area (Å²) in [5.41, 5.74) is 0. The van der Waals surface area contributed by atoms with E-state index >= 15 is 0 Å². The van der Waals surface area contributed by atoms with Gasteiger partial charge in [-0.1, -0.05) is 6.92 Å². The van der Waals surface area contributed by atoms with E-state index in [0.29, 0.717) is 12.2 Å². The predicted molar refractivity (Wildman–Crippen MR) is 64.5 cm³/mol. The number of hydrogen-bond acceptors (Lipinski definition) is 4. The van der Waals surface area contributed by atoms with Crippen molar-refractivity contribution in [3.8, 4) is 11.8 Å². The van der Waals surface area contributed by atoms with Crippen molar-refractivity contribution in [2.24, 2.45) is 0 Å². The molecule has 0 spiro atoms. The molecule has 5 heteroatoms. The summed E-state index contributed by atoms with van der Waals surface area (Å²) < 4.78 is 29.3. The van der Waals surface area contributed by atoms with Gasteiger partial charge in [0.15, 0.2) is 9.84 Å². The molecule has 92 valence electrons. The lowest BCUT2D eigenvalue weighted by atomic mass is 10.3. The van der Waals surface area contributed by atoms with E-state index in [9.17, 15) is 8.42 Å². The number of sulfone groups is 1. The van der Waals surface area contributed by atoms with Crippen LogP contribution in [0.2, 0.25) is 0 Å². The fourth-order valence-corrected chi connectivity index (χ4v) is 3.17. The van der Waals surface area contributed by atoms with Gasteiger partial charge in [-0.15, -0.1) is 0 Å². The molecule has 4 nitrogen and oxygen atoms in total. The van der Waals surface area contributed by atoms with Crippen LogP contribution in [0, 0.1) is 11.3 Å². The summed E-state index contributed by atoms with van der Waals surface area (Å²) in [7, 11) is -1.89. The zero-order chi connectivity index (χ0) is 12.9. The third kappa shape index (κ3) is 2.98. The standard InChI is InChI=1S/C12H15NO3S/c1-3-11(8-9-13)17(14,15)12-6-4-10(16-2)5-7-12/h4-7,11H,3,8H2,1-2H3. The Morgan fingerprint density at radius 2 is 1.94 bits per heavy atom. The summed E-state index contributed by atoms with van der Waals surface area (Å²) in [6.07, 6.45) is 0.451. The Hall–Kier alpha value is -1.54. The van der Waals surface area contributed by atoms with E-state index in [1.165, 1.54) is 19.2 Å². The van der Waals surface area contributed by atoms with Crippen molar-refractivity contribution >= 4 is 9.84 Å². The van der Waals surface area contributed by atoms with Gasteiger partial charge < -0.3 is 4.74 Å². The van der Waals surface area contributed by atoms with Crippen molar-refractivity contribution in [1.82, 2.24) is 0 Å². The van der Waals surface area contributed by atoms with Crippen molar-refractivity contribution in [2.45, 2.75) is 29.9 Å². The van der Waals surface area contributed by atoms with Gasteiger partial charge in [0.05, 0.1) is 29.7 Å².